The van der Waals surface area contributed by atoms with Crippen LogP contribution in [0.15, 0.2) is 47.3 Å². The summed E-state index contributed by atoms with van der Waals surface area (Å²) in [6.07, 6.45) is 3.67. The normalized spacial score (nSPS) is 14.0. The molecule has 0 spiro atoms. The van der Waals surface area contributed by atoms with E-state index in [1.807, 2.05) is 49.1 Å². The highest BCUT2D eigenvalue weighted by atomic mass is 35.5. The van der Waals surface area contributed by atoms with E-state index in [1.54, 1.807) is 23.7 Å². The first-order chi connectivity index (χ1) is 15.7. The van der Waals surface area contributed by atoms with Crippen LogP contribution in [0.1, 0.15) is 55.5 Å². The number of nitrogens with two attached hydrogens (primary N) is 1. The summed E-state index contributed by atoms with van der Waals surface area (Å²) in [7, 11) is 1.75. The third kappa shape index (κ3) is 4.85. The van der Waals surface area contributed by atoms with Crippen LogP contribution in [-0.4, -0.2) is 39.3 Å². The minimum absolute atomic E-state index is 0. The Labute approximate surface area is 205 Å². The zero-order valence-corrected chi connectivity index (χ0v) is 20.7. The van der Waals surface area contributed by atoms with Gasteiger partial charge in [0.05, 0.1) is 16.4 Å². The molecular weight excluding hydrogens is 450 g/mol. The molecule has 0 radical (unpaired) electrons. The van der Waals surface area contributed by atoms with Crippen LogP contribution in [0, 0.1) is 5.41 Å². The molecule has 3 N–H and O–H groups in total. The van der Waals surface area contributed by atoms with Crippen LogP contribution in [0.25, 0.3) is 11.0 Å². The summed E-state index contributed by atoms with van der Waals surface area (Å²) >= 11 is 0. The van der Waals surface area contributed by atoms with E-state index < -0.39 is 5.41 Å². The van der Waals surface area contributed by atoms with Gasteiger partial charge in [-0.2, -0.15) is 0 Å². The maximum absolute atomic E-state index is 13.3. The zero-order chi connectivity index (χ0) is 23.8. The quantitative estimate of drug-likeness (QED) is 0.429. The molecule has 180 valence electrons. The van der Waals surface area contributed by atoms with Crippen LogP contribution in [-0.2, 0) is 23.7 Å². The lowest BCUT2D eigenvalue weighted by Crippen LogP contribution is -2.45. The molecule has 2 aromatic carbocycles. The molecule has 1 fully saturated rings. The number of rotatable bonds is 5. The third-order valence-corrected chi connectivity index (χ3v) is 6.68. The van der Waals surface area contributed by atoms with Crippen molar-refractivity contribution in [1.82, 2.24) is 14.5 Å². The van der Waals surface area contributed by atoms with Crippen LogP contribution in [0.5, 0.6) is 0 Å². The van der Waals surface area contributed by atoms with Gasteiger partial charge in [-0.25, -0.2) is 4.98 Å². The predicted molar refractivity (Wildman–Crippen MR) is 138 cm³/mol. The van der Waals surface area contributed by atoms with Crippen molar-refractivity contribution in [3.05, 3.63) is 75.2 Å². The number of nitrogens with zero attached hydrogens (tertiary/aromatic N) is 3. The fourth-order valence-corrected chi connectivity index (χ4v) is 4.51. The molecule has 34 heavy (non-hydrogen) atoms. The number of likely N-dealkylation sites (tertiary alicyclic amines) is 1. The molecule has 1 saturated heterocycles. The molecule has 0 atom stereocenters. The third-order valence-electron chi connectivity index (χ3n) is 6.68. The Morgan fingerprint density at radius 1 is 1.09 bits per heavy atom. The van der Waals surface area contributed by atoms with Gasteiger partial charge >= 0.3 is 0 Å². The number of aromatic nitrogens is 2. The van der Waals surface area contributed by atoms with Crippen molar-refractivity contribution in [3.63, 3.8) is 0 Å². The first kappa shape index (κ1) is 25.4. The number of amidine groups is 1. The Hall–Kier alpha value is -3.19. The molecule has 8 heteroatoms. The number of piperidine rings is 1. The fraction of sp³-hybridized carbons (Fsp3) is 0.385. The number of nitrogen functional groups attached to an aromatic ring is 1. The molecule has 0 unspecified atom stereocenters. The number of aryl methyl sites for hydroxylation is 1. The lowest BCUT2D eigenvalue weighted by atomic mass is 9.82. The van der Waals surface area contributed by atoms with E-state index >= 15 is 0 Å². The van der Waals surface area contributed by atoms with Gasteiger partial charge < -0.3 is 15.2 Å². The molecule has 4 rings (SSSR count). The monoisotopic (exact) mass is 481 g/mol. The predicted octanol–water partition coefficient (Wildman–Crippen LogP) is 3.52. The molecule has 1 amide bonds. The Balaban J connectivity index is 0.00000324. The molecule has 0 saturated carbocycles. The van der Waals surface area contributed by atoms with Crippen LogP contribution < -0.4 is 11.3 Å². The summed E-state index contributed by atoms with van der Waals surface area (Å²) in [5, 5.41) is 7.53. The molecular formula is C26H32ClN5O2. The highest BCUT2D eigenvalue weighted by Crippen LogP contribution is 2.29. The van der Waals surface area contributed by atoms with Crippen molar-refractivity contribution < 1.29 is 4.79 Å². The van der Waals surface area contributed by atoms with Gasteiger partial charge in [-0.15, -0.1) is 12.4 Å². The summed E-state index contributed by atoms with van der Waals surface area (Å²) in [5.41, 5.74) is 9.05. The SMILES string of the molecule is Cl.Cn1c(=O)c(Cc2ccc(C(=N)N)cc2)nc2cc(C(C)(C)C(=O)N3CCCCC3)ccc21. The maximum atomic E-state index is 13.3. The summed E-state index contributed by atoms with van der Waals surface area (Å²) in [6, 6.07) is 13.0. The molecule has 0 aliphatic carbocycles. The topological polar surface area (TPSA) is 105 Å². The number of carbonyl (C=O) groups excluding carboxylic acids is 1. The second-order valence-electron chi connectivity index (χ2n) is 9.39. The van der Waals surface area contributed by atoms with E-state index in [0.29, 0.717) is 23.2 Å². The van der Waals surface area contributed by atoms with E-state index in [9.17, 15) is 9.59 Å². The van der Waals surface area contributed by atoms with Crippen LogP contribution in [0.3, 0.4) is 0 Å². The van der Waals surface area contributed by atoms with Crippen LogP contribution in [0.2, 0.25) is 0 Å². The van der Waals surface area contributed by atoms with Gasteiger partial charge in [0.15, 0.2) is 0 Å². The summed E-state index contributed by atoms with van der Waals surface area (Å²) in [6.45, 7) is 5.56. The van der Waals surface area contributed by atoms with Gasteiger partial charge in [-0.3, -0.25) is 15.0 Å². The van der Waals surface area contributed by atoms with Gasteiger partial charge in [-0.1, -0.05) is 30.3 Å². The largest absolute Gasteiger partial charge is 0.384 e. The second kappa shape index (κ2) is 9.97. The van der Waals surface area contributed by atoms with E-state index in [1.165, 1.54) is 6.42 Å². The lowest BCUT2D eigenvalue weighted by Gasteiger charge is -2.34. The van der Waals surface area contributed by atoms with E-state index in [2.05, 4.69) is 0 Å². The number of halogens is 1. The van der Waals surface area contributed by atoms with Gasteiger partial charge in [-0.05, 0) is 56.4 Å². The van der Waals surface area contributed by atoms with E-state index in [0.717, 1.165) is 42.6 Å². The minimum atomic E-state index is -0.676. The fourth-order valence-electron chi connectivity index (χ4n) is 4.51. The first-order valence-electron chi connectivity index (χ1n) is 11.4. The number of hydrogen-bond acceptors (Lipinski definition) is 4. The number of amides is 1. The average Bonchev–Trinajstić information content (AvgIpc) is 2.82. The van der Waals surface area contributed by atoms with Gasteiger partial charge in [0.1, 0.15) is 11.5 Å². The highest BCUT2D eigenvalue weighted by Gasteiger charge is 2.34. The zero-order valence-electron chi connectivity index (χ0n) is 19.9. The van der Waals surface area contributed by atoms with Gasteiger partial charge in [0.25, 0.3) is 5.56 Å². The lowest BCUT2D eigenvalue weighted by molar-refractivity contribution is -0.137. The summed E-state index contributed by atoms with van der Waals surface area (Å²) in [4.78, 5) is 32.9. The summed E-state index contributed by atoms with van der Waals surface area (Å²) in [5.74, 6) is 0.146. The van der Waals surface area contributed by atoms with Crippen molar-refractivity contribution in [2.24, 2.45) is 12.8 Å². The number of hydrogen-bond donors (Lipinski definition) is 2. The minimum Gasteiger partial charge on any atom is -0.384 e. The summed E-state index contributed by atoms with van der Waals surface area (Å²) < 4.78 is 1.62. The average molecular weight is 482 g/mol. The molecule has 1 aliphatic heterocycles. The van der Waals surface area contributed by atoms with Gasteiger partial charge in [0, 0.05) is 32.1 Å². The standard InChI is InChI=1S/C26H31N5O2.ClH/c1-26(2,25(33)31-13-5-4-6-14-31)19-11-12-22-20(16-19)29-21(24(32)30(22)3)15-17-7-9-18(10-8-17)23(27)28;/h7-12,16H,4-6,13-15H2,1-3H3,(H3,27,28);1H. The Kier molecular flexibility index (Phi) is 7.46. The number of fused-ring (bicyclic) bond motifs is 1. The Morgan fingerprint density at radius 2 is 1.74 bits per heavy atom. The van der Waals surface area contributed by atoms with Crippen molar-refractivity contribution >= 4 is 35.2 Å². The molecule has 3 aromatic rings. The molecule has 0 bridgehead atoms. The Morgan fingerprint density at radius 3 is 2.35 bits per heavy atom. The molecule has 1 aliphatic rings. The number of benzene rings is 2. The van der Waals surface area contributed by atoms with Crippen molar-refractivity contribution in [1.29, 1.82) is 5.41 Å². The van der Waals surface area contributed by atoms with Crippen molar-refractivity contribution in [3.8, 4) is 0 Å². The molecule has 1 aromatic heterocycles. The number of carbonyl (C=O) groups is 1. The maximum Gasteiger partial charge on any atom is 0.272 e. The second-order valence-corrected chi connectivity index (χ2v) is 9.39. The van der Waals surface area contributed by atoms with E-state index in [-0.39, 0.29) is 29.7 Å². The molecule has 2 heterocycles. The number of nitrogens with one attached hydrogen (secondary N) is 1. The highest BCUT2D eigenvalue weighted by molar-refractivity contribution is 5.94. The van der Waals surface area contributed by atoms with Crippen LogP contribution >= 0.6 is 12.4 Å². The van der Waals surface area contributed by atoms with Crippen molar-refractivity contribution in [2.45, 2.75) is 44.9 Å². The smallest absolute Gasteiger partial charge is 0.272 e. The first-order valence-corrected chi connectivity index (χ1v) is 11.4. The van der Waals surface area contributed by atoms with E-state index in [4.69, 9.17) is 16.1 Å². The van der Waals surface area contributed by atoms with Crippen LogP contribution in [0.4, 0.5) is 0 Å². The van der Waals surface area contributed by atoms with Crippen molar-refractivity contribution in [2.75, 3.05) is 13.1 Å². The van der Waals surface area contributed by atoms with Gasteiger partial charge in [0.2, 0.25) is 5.91 Å². The Bertz CT molecular complexity index is 1270. The molecule has 7 nitrogen and oxygen atoms in total.